The second kappa shape index (κ2) is 9.16. The molecule has 3 heterocycles. The molecule has 9 nitrogen and oxygen atoms in total. The third-order valence-electron chi connectivity index (χ3n) is 5.35. The molecule has 1 aromatic rings. The van der Waals surface area contributed by atoms with Crippen molar-refractivity contribution in [2.24, 2.45) is 5.10 Å². The molecule has 0 aliphatic carbocycles. The van der Waals surface area contributed by atoms with Gasteiger partial charge < -0.3 is 19.7 Å². The molecule has 1 saturated heterocycles. The summed E-state index contributed by atoms with van der Waals surface area (Å²) in [6.45, 7) is 6.15. The maximum absolute atomic E-state index is 14.4. The van der Waals surface area contributed by atoms with Gasteiger partial charge in [0.15, 0.2) is 18.2 Å². The van der Waals surface area contributed by atoms with Crippen LogP contribution in [0.2, 0.25) is 0 Å². The van der Waals surface area contributed by atoms with E-state index in [1.165, 1.54) is 16.0 Å². The molecule has 10 heteroatoms. The Morgan fingerprint density at radius 2 is 2.24 bits per heavy atom. The van der Waals surface area contributed by atoms with Crippen LogP contribution in [-0.4, -0.2) is 59.9 Å². The van der Waals surface area contributed by atoms with Gasteiger partial charge in [0.25, 0.3) is 5.91 Å². The number of nitrogens with one attached hydrogen (secondary N) is 1. The SMILES string of the molecule is C=C(/C=C(C#N)\C=C/C)[C@@H]1CC=NN1C(=O)N1CC(Oc2cc3c(cc2F)OCC(=O)N3)C1. The van der Waals surface area contributed by atoms with Gasteiger partial charge in [0.05, 0.1) is 36.5 Å². The zero-order chi connectivity index (χ0) is 23.5. The van der Waals surface area contributed by atoms with Crippen LogP contribution in [0.15, 0.2) is 53.2 Å². The molecule has 3 aliphatic rings. The van der Waals surface area contributed by atoms with Crippen LogP contribution in [0.3, 0.4) is 0 Å². The number of hydrogen-bond donors (Lipinski definition) is 1. The van der Waals surface area contributed by atoms with Crippen molar-refractivity contribution < 1.29 is 23.5 Å². The first-order valence-corrected chi connectivity index (χ1v) is 10.4. The summed E-state index contributed by atoms with van der Waals surface area (Å²) in [5.41, 5.74) is 1.38. The first-order valence-electron chi connectivity index (χ1n) is 10.4. The summed E-state index contributed by atoms with van der Waals surface area (Å²) in [6, 6.07) is 3.92. The van der Waals surface area contributed by atoms with Crippen molar-refractivity contribution in [2.75, 3.05) is 25.0 Å². The van der Waals surface area contributed by atoms with Crippen molar-refractivity contribution in [1.82, 2.24) is 9.91 Å². The molecule has 33 heavy (non-hydrogen) atoms. The van der Waals surface area contributed by atoms with E-state index in [2.05, 4.69) is 23.1 Å². The van der Waals surface area contributed by atoms with Gasteiger partial charge in [0.1, 0.15) is 11.9 Å². The largest absolute Gasteiger partial charge is 0.484 e. The van der Waals surface area contributed by atoms with E-state index >= 15 is 0 Å². The van der Waals surface area contributed by atoms with Crippen LogP contribution in [-0.2, 0) is 4.79 Å². The number of ether oxygens (including phenoxy) is 2. The Labute approximate surface area is 190 Å². The summed E-state index contributed by atoms with van der Waals surface area (Å²) in [5.74, 6) is -0.729. The Kier molecular flexibility index (Phi) is 6.13. The fourth-order valence-corrected chi connectivity index (χ4v) is 3.67. The molecule has 1 atom stereocenters. The van der Waals surface area contributed by atoms with Crippen molar-refractivity contribution in [3.05, 3.63) is 53.9 Å². The number of hydrogen-bond acceptors (Lipinski definition) is 6. The van der Waals surface area contributed by atoms with E-state index in [9.17, 15) is 19.2 Å². The molecule has 0 saturated carbocycles. The zero-order valence-corrected chi connectivity index (χ0v) is 18.0. The van der Waals surface area contributed by atoms with Crippen molar-refractivity contribution >= 4 is 23.8 Å². The zero-order valence-electron chi connectivity index (χ0n) is 18.0. The number of carbonyl (C=O) groups excluding carboxylic acids is 2. The van der Waals surface area contributed by atoms with Gasteiger partial charge >= 0.3 is 6.03 Å². The summed E-state index contributed by atoms with van der Waals surface area (Å²) in [4.78, 5) is 25.9. The number of urea groups is 1. The Hall–Kier alpha value is -4.13. The monoisotopic (exact) mass is 451 g/mol. The topological polar surface area (TPSA) is 107 Å². The van der Waals surface area contributed by atoms with Gasteiger partial charge in [0.2, 0.25) is 0 Å². The molecular weight excluding hydrogens is 429 g/mol. The Bertz CT molecular complexity index is 1130. The molecule has 1 fully saturated rings. The highest BCUT2D eigenvalue weighted by molar-refractivity contribution is 5.95. The number of nitrogens with zero attached hydrogens (tertiary/aromatic N) is 4. The predicted molar refractivity (Wildman–Crippen MR) is 118 cm³/mol. The summed E-state index contributed by atoms with van der Waals surface area (Å²) in [7, 11) is 0. The molecule has 1 N–H and O–H groups in total. The smallest absolute Gasteiger partial charge is 0.341 e. The standard InChI is InChI=1S/C23H22FN5O4/c1-3-4-15(10-25)7-14(2)19-5-6-26-29(19)23(31)28-11-16(12-28)33-20-9-18-21(8-17(20)24)32-13-22(30)27-18/h3-4,6-9,16,19H,2,5,11-13H2,1H3,(H,27,30)/b4-3-,15-7+/t19-/m0/s1. The first kappa shape index (κ1) is 22.1. The molecular formula is C23H22FN5O4. The van der Waals surface area contributed by atoms with Crippen LogP contribution in [0.25, 0.3) is 0 Å². The Balaban J connectivity index is 1.36. The van der Waals surface area contributed by atoms with Crippen LogP contribution >= 0.6 is 0 Å². The molecule has 0 radical (unpaired) electrons. The second-order valence-corrected chi connectivity index (χ2v) is 7.72. The first-order chi connectivity index (χ1) is 15.9. The highest BCUT2D eigenvalue weighted by Gasteiger charge is 2.39. The summed E-state index contributed by atoms with van der Waals surface area (Å²) < 4.78 is 25.2. The number of allylic oxidation sites excluding steroid dienone is 3. The van der Waals surface area contributed by atoms with Crippen LogP contribution in [0.5, 0.6) is 11.5 Å². The molecule has 4 rings (SSSR count). The second-order valence-electron chi connectivity index (χ2n) is 7.72. The number of rotatable bonds is 5. The van der Waals surface area contributed by atoms with Gasteiger partial charge in [-0.25, -0.2) is 14.2 Å². The summed E-state index contributed by atoms with van der Waals surface area (Å²) >= 11 is 0. The van der Waals surface area contributed by atoms with Crippen LogP contribution < -0.4 is 14.8 Å². The van der Waals surface area contributed by atoms with E-state index in [0.29, 0.717) is 23.3 Å². The lowest BCUT2D eigenvalue weighted by Gasteiger charge is -2.41. The number of hydrazone groups is 1. The molecule has 0 spiro atoms. The molecule has 170 valence electrons. The van der Waals surface area contributed by atoms with Crippen LogP contribution in [0, 0.1) is 17.1 Å². The van der Waals surface area contributed by atoms with Crippen molar-refractivity contribution in [2.45, 2.75) is 25.5 Å². The number of fused-ring (bicyclic) bond motifs is 1. The summed E-state index contributed by atoms with van der Waals surface area (Å²) in [5, 5.41) is 17.3. The minimum atomic E-state index is -0.614. The van der Waals surface area contributed by atoms with Gasteiger partial charge in [-0.2, -0.15) is 10.4 Å². The number of benzene rings is 1. The third kappa shape index (κ3) is 4.57. The minimum absolute atomic E-state index is 0.0276. The van der Waals surface area contributed by atoms with E-state index in [0.717, 1.165) is 6.07 Å². The van der Waals surface area contributed by atoms with E-state index in [1.54, 1.807) is 24.4 Å². The Morgan fingerprint density at radius 3 is 2.97 bits per heavy atom. The maximum Gasteiger partial charge on any atom is 0.341 e. The van der Waals surface area contributed by atoms with Crippen molar-refractivity contribution in [1.29, 1.82) is 5.26 Å². The highest BCUT2D eigenvalue weighted by Crippen LogP contribution is 2.35. The molecule has 0 aromatic heterocycles. The summed E-state index contributed by atoms with van der Waals surface area (Å²) in [6.07, 6.45) is 6.79. The normalized spacial score (nSPS) is 20.1. The number of nitriles is 1. The predicted octanol–water partition coefficient (Wildman–Crippen LogP) is 2.98. The lowest BCUT2D eigenvalue weighted by atomic mass is 10.0. The Morgan fingerprint density at radius 1 is 1.45 bits per heavy atom. The van der Waals surface area contributed by atoms with E-state index < -0.39 is 11.9 Å². The fraction of sp³-hybridized carbons (Fsp3) is 0.304. The molecule has 0 bridgehead atoms. The number of anilines is 1. The lowest BCUT2D eigenvalue weighted by Crippen LogP contribution is -2.59. The fourth-order valence-electron chi connectivity index (χ4n) is 3.67. The molecule has 0 unspecified atom stereocenters. The lowest BCUT2D eigenvalue weighted by molar-refractivity contribution is -0.118. The molecule has 3 amide bonds. The number of amides is 3. The van der Waals surface area contributed by atoms with Gasteiger partial charge in [0, 0.05) is 24.8 Å². The van der Waals surface area contributed by atoms with Crippen LogP contribution in [0.4, 0.5) is 14.9 Å². The van der Waals surface area contributed by atoms with Gasteiger partial charge in [-0.05, 0) is 24.6 Å². The number of likely N-dealkylation sites (tertiary alicyclic amines) is 1. The average molecular weight is 451 g/mol. The number of carbonyl (C=O) groups is 2. The number of halogens is 1. The van der Waals surface area contributed by atoms with Crippen LogP contribution in [0.1, 0.15) is 13.3 Å². The van der Waals surface area contributed by atoms with Crippen molar-refractivity contribution in [3.8, 4) is 17.6 Å². The van der Waals surface area contributed by atoms with E-state index in [-0.39, 0.29) is 49.2 Å². The molecule has 1 aromatic carbocycles. The third-order valence-corrected chi connectivity index (χ3v) is 5.35. The van der Waals surface area contributed by atoms with E-state index in [1.807, 2.05) is 6.92 Å². The van der Waals surface area contributed by atoms with Gasteiger partial charge in [-0.1, -0.05) is 12.7 Å². The van der Waals surface area contributed by atoms with E-state index in [4.69, 9.17) is 9.47 Å². The van der Waals surface area contributed by atoms with Gasteiger partial charge in [-0.3, -0.25) is 4.79 Å². The minimum Gasteiger partial charge on any atom is -0.484 e. The maximum atomic E-state index is 14.4. The van der Waals surface area contributed by atoms with Gasteiger partial charge in [-0.15, -0.1) is 0 Å². The van der Waals surface area contributed by atoms with Crippen molar-refractivity contribution in [3.63, 3.8) is 0 Å². The quantitative estimate of drug-likeness (QED) is 0.547. The highest BCUT2D eigenvalue weighted by atomic mass is 19.1. The average Bonchev–Trinajstić information content (AvgIpc) is 3.26. The molecule has 3 aliphatic heterocycles.